The molecule has 132 valence electrons. The van der Waals surface area contributed by atoms with Crippen LogP contribution in [0, 0.1) is 0 Å². The summed E-state index contributed by atoms with van der Waals surface area (Å²) in [5.74, 6) is 0.473. The highest BCUT2D eigenvalue weighted by atomic mass is 32.1. The summed E-state index contributed by atoms with van der Waals surface area (Å²) in [6.07, 6.45) is 1.58. The quantitative estimate of drug-likeness (QED) is 0.700. The smallest absolute Gasteiger partial charge is 0.261 e. The van der Waals surface area contributed by atoms with Gasteiger partial charge in [0.05, 0.1) is 12.0 Å². The van der Waals surface area contributed by atoms with Crippen molar-refractivity contribution in [1.29, 1.82) is 0 Å². The van der Waals surface area contributed by atoms with Crippen molar-refractivity contribution >= 4 is 29.0 Å². The van der Waals surface area contributed by atoms with Gasteiger partial charge in [-0.05, 0) is 41.3 Å². The van der Waals surface area contributed by atoms with Crippen LogP contribution in [0.15, 0.2) is 60.1 Å². The number of nitrogens with zero attached hydrogens (tertiary/aromatic N) is 1. The molecule has 0 fully saturated rings. The maximum Gasteiger partial charge on any atom is 0.261 e. The Bertz CT molecular complexity index is 893. The highest BCUT2D eigenvalue weighted by Crippen LogP contribution is 2.20. The number of hydrogen-bond donors (Lipinski definition) is 2. The number of anilines is 1. The maximum atomic E-state index is 12.3. The van der Waals surface area contributed by atoms with Crippen molar-refractivity contribution in [3.63, 3.8) is 0 Å². The van der Waals surface area contributed by atoms with Crippen LogP contribution in [0.25, 0.3) is 0 Å². The molecule has 0 bridgehead atoms. The molecule has 1 aromatic carbocycles. The van der Waals surface area contributed by atoms with E-state index >= 15 is 0 Å². The first kappa shape index (κ1) is 17.6. The van der Waals surface area contributed by atoms with Gasteiger partial charge in [0, 0.05) is 18.3 Å². The standard InChI is InChI=1S/C19H17N3O3S/c1-25-15-4-2-10-20-17(15)22-18(23)14-8-6-13(7-9-14)12-21-19(24)16-5-3-11-26-16/h2-11H,12H2,1H3,(H,21,24)(H,20,22,23). The van der Waals surface area contributed by atoms with E-state index in [4.69, 9.17) is 4.74 Å². The normalized spacial score (nSPS) is 10.2. The zero-order valence-electron chi connectivity index (χ0n) is 14.1. The molecule has 26 heavy (non-hydrogen) atoms. The Morgan fingerprint density at radius 2 is 1.88 bits per heavy atom. The van der Waals surface area contributed by atoms with Crippen LogP contribution in [0.3, 0.4) is 0 Å². The highest BCUT2D eigenvalue weighted by Gasteiger charge is 2.11. The topological polar surface area (TPSA) is 80.3 Å². The molecule has 0 aliphatic heterocycles. The van der Waals surface area contributed by atoms with E-state index in [0.29, 0.717) is 28.6 Å². The lowest BCUT2D eigenvalue weighted by molar-refractivity contribution is 0.0953. The summed E-state index contributed by atoms with van der Waals surface area (Å²) in [5, 5.41) is 7.43. The first-order chi connectivity index (χ1) is 12.7. The van der Waals surface area contributed by atoms with Crippen molar-refractivity contribution in [2.75, 3.05) is 12.4 Å². The molecular weight excluding hydrogens is 350 g/mol. The molecule has 0 aliphatic carbocycles. The summed E-state index contributed by atoms with van der Waals surface area (Å²) < 4.78 is 5.17. The van der Waals surface area contributed by atoms with Crippen molar-refractivity contribution in [1.82, 2.24) is 10.3 Å². The molecule has 0 unspecified atom stereocenters. The monoisotopic (exact) mass is 367 g/mol. The Morgan fingerprint density at radius 1 is 1.08 bits per heavy atom. The summed E-state index contributed by atoms with van der Waals surface area (Å²) in [5.41, 5.74) is 1.40. The molecule has 2 amide bonds. The second kappa shape index (κ2) is 8.26. The van der Waals surface area contributed by atoms with E-state index in [2.05, 4.69) is 15.6 Å². The first-order valence-corrected chi connectivity index (χ1v) is 8.76. The van der Waals surface area contributed by atoms with Crippen LogP contribution in [-0.4, -0.2) is 23.9 Å². The van der Waals surface area contributed by atoms with Gasteiger partial charge in [-0.3, -0.25) is 9.59 Å². The Balaban J connectivity index is 1.60. The van der Waals surface area contributed by atoms with Crippen molar-refractivity contribution in [2.24, 2.45) is 0 Å². The molecule has 3 aromatic rings. The van der Waals surface area contributed by atoms with Gasteiger partial charge in [0.2, 0.25) is 0 Å². The van der Waals surface area contributed by atoms with Crippen LogP contribution in [0.2, 0.25) is 0 Å². The molecular formula is C19H17N3O3S. The molecule has 0 radical (unpaired) electrons. The van der Waals surface area contributed by atoms with Crippen LogP contribution in [0.4, 0.5) is 5.82 Å². The second-order valence-electron chi connectivity index (χ2n) is 5.37. The van der Waals surface area contributed by atoms with Crippen LogP contribution in [-0.2, 0) is 6.54 Å². The van der Waals surface area contributed by atoms with Crippen LogP contribution < -0.4 is 15.4 Å². The Kier molecular flexibility index (Phi) is 5.60. The molecule has 0 saturated carbocycles. The number of pyridine rings is 1. The van der Waals surface area contributed by atoms with Gasteiger partial charge in [-0.2, -0.15) is 0 Å². The van der Waals surface area contributed by atoms with Gasteiger partial charge < -0.3 is 15.4 Å². The van der Waals surface area contributed by atoms with E-state index in [1.165, 1.54) is 18.4 Å². The number of benzene rings is 1. The fraction of sp³-hybridized carbons (Fsp3) is 0.105. The third-order valence-electron chi connectivity index (χ3n) is 3.64. The van der Waals surface area contributed by atoms with E-state index in [9.17, 15) is 9.59 Å². The van der Waals surface area contributed by atoms with Crippen molar-refractivity contribution < 1.29 is 14.3 Å². The highest BCUT2D eigenvalue weighted by molar-refractivity contribution is 7.12. The van der Waals surface area contributed by atoms with Crippen LogP contribution >= 0.6 is 11.3 Å². The van der Waals surface area contributed by atoms with Gasteiger partial charge in [-0.25, -0.2) is 4.98 Å². The minimum absolute atomic E-state index is 0.107. The van der Waals surface area contributed by atoms with Crippen molar-refractivity contribution in [3.05, 3.63) is 76.1 Å². The molecule has 0 atom stereocenters. The number of ether oxygens (including phenoxy) is 1. The predicted octanol–water partition coefficient (Wildman–Crippen LogP) is 3.33. The first-order valence-electron chi connectivity index (χ1n) is 7.88. The molecule has 2 heterocycles. The summed E-state index contributed by atoms with van der Waals surface area (Å²) in [6.45, 7) is 0.396. The lowest BCUT2D eigenvalue weighted by atomic mass is 10.1. The van der Waals surface area contributed by atoms with E-state index in [1.54, 1.807) is 48.7 Å². The number of thiophene rings is 1. The van der Waals surface area contributed by atoms with Gasteiger partial charge in [-0.15, -0.1) is 11.3 Å². The summed E-state index contributed by atoms with van der Waals surface area (Å²) in [7, 11) is 1.52. The summed E-state index contributed by atoms with van der Waals surface area (Å²) in [4.78, 5) is 29.0. The van der Waals surface area contributed by atoms with Crippen LogP contribution in [0.5, 0.6) is 5.75 Å². The summed E-state index contributed by atoms with van der Waals surface area (Å²) in [6, 6.07) is 14.1. The van der Waals surface area contributed by atoms with Gasteiger partial charge in [0.1, 0.15) is 0 Å². The van der Waals surface area contributed by atoms with Crippen LogP contribution in [0.1, 0.15) is 25.6 Å². The molecule has 2 aromatic heterocycles. The zero-order chi connectivity index (χ0) is 18.4. The Morgan fingerprint density at radius 3 is 2.58 bits per heavy atom. The van der Waals surface area contributed by atoms with Crippen molar-refractivity contribution in [3.8, 4) is 5.75 Å². The fourth-order valence-electron chi connectivity index (χ4n) is 2.28. The van der Waals surface area contributed by atoms with Gasteiger partial charge >= 0.3 is 0 Å². The molecule has 6 nitrogen and oxygen atoms in total. The fourth-order valence-corrected chi connectivity index (χ4v) is 2.92. The maximum absolute atomic E-state index is 12.3. The SMILES string of the molecule is COc1cccnc1NC(=O)c1ccc(CNC(=O)c2cccs2)cc1. The molecule has 0 aliphatic rings. The zero-order valence-corrected chi connectivity index (χ0v) is 14.9. The lowest BCUT2D eigenvalue weighted by Gasteiger charge is -2.09. The van der Waals surface area contributed by atoms with Gasteiger partial charge in [0.15, 0.2) is 11.6 Å². The van der Waals surface area contributed by atoms with Gasteiger partial charge in [0.25, 0.3) is 11.8 Å². The predicted molar refractivity (Wildman–Crippen MR) is 101 cm³/mol. The Labute approximate surface area is 154 Å². The number of methoxy groups -OCH3 is 1. The minimum Gasteiger partial charge on any atom is -0.493 e. The number of rotatable bonds is 6. The molecule has 7 heteroatoms. The number of amides is 2. The minimum atomic E-state index is -0.281. The van der Waals surface area contributed by atoms with E-state index < -0.39 is 0 Å². The second-order valence-corrected chi connectivity index (χ2v) is 6.31. The summed E-state index contributed by atoms with van der Waals surface area (Å²) >= 11 is 1.40. The third kappa shape index (κ3) is 4.25. The molecule has 0 spiro atoms. The average molecular weight is 367 g/mol. The number of carbonyl (C=O) groups excluding carboxylic acids is 2. The molecule has 3 rings (SSSR count). The number of nitrogens with one attached hydrogen (secondary N) is 2. The number of hydrogen-bond acceptors (Lipinski definition) is 5. The molecule has 2 N–H and O–H groups in total. The largest absolute Gasteiger partial charge is 0.493 e. The lowest BCUT2D eigenvalue weighted by Crippen LogP contribution is -2.21. The Hall–Kier alpha value is -3.19. The molecule has 0 saturated heterocycles. The number of carbonyl (C=O) groups is 2. The van der Waals surface area contributed by atoms with Crippen molar-refractivity contribution in [2.45, 2.75) is 6.54 Å². The number of aromatic nitrogens is 1. The van der Waals surface area contributed by atoms with E-state index in [1.807, 2.05) is 11.4 Å². The van der Waals surface area contributed by atoms with E-state index in [0.717, 1.165) is 5.56 Å². The van der Waals surface area contributed by atoms with Gasteiger partial charge in [-0.1, -0.05) is 18.2 Å². The third-order valence-corrected chi connectivity index (χ3v) is 4.51. The van der Waals surface area contributed by atoms with E-state index in [-0.39, 0.29) is 11.8 Å². The average Bonchev–Trinajstić information content (AvgIpc) is 3.22.